The maximum absolute atomic E-state index is 14.2. The van der Waals surface area contributed by atoms with Crippen molar-refractivity contribution < 1.29 is 43.9 Å². The summed E-state index contributed by atoms with van der Waals surface area (Å²) < 4.78 is 138. The SMILES string of the molecule is Fc1c(F)c(F)c(-c2ccc(N=C3C=C4C=C(Nc5ccc(-c6c(F)c(F)c(F)c(F)c6F)cc5)CCC4CC3)cc2)c(F)c1F. The second kappa shape index (κ2) is 12.1. The molecule has 4 aromatic rings. The molecule has 2 aliphatic rings. The highest BCUT2D eigenvalue weighted by Gasteiger charge is 2.28. The summed E-state index contributed by atoms with van der Waals surface area (Å²) in [4.78, 5) is 4.57. The summed E-state index contributed by atoms with van der Waals surface area (Å²) in [7, 11) is 0. The van der Waals surface area contributed by atoms with Crippen LogP contribution in [0.4, 0.5) is 55.3 Å². The van der Waals surface area contributed by atoms with E-state index in [1.807, 2.05) is 12.2 Å². The van der Waals surface area contributed by atoms with Gasteiger partial charge in [0.25, 0.3) is 0 Å². The van der Waals surface area contributed by atoms with Crippen molar-refractivity contribution in [1.82, 2.24) is 0 Å². The number of halogens is 10. The Morgan fingerprint density at radius 3 is 1.43 bits per heavy atom. The average Bonchev–Trinajstić information content (AvgIpc) is 3.06. The number of nitrogens with one attached hydrogen (secondary N) is 1. The van der Waals surface area contributed by atoms with Crippen molar-refractivity contribution in [3.8, 4) is 22.3 Å². The molecule has 12 heteroatoms. The molecule has 0 aliphatic heterocycles. The third kappa shape index (κ3) is 5.56. The van der Waals surface area contributed by atoms with Crippen LogP contribution in [0.25, 0.3) is 22.3 Å². The van der Waals surface area contributed by atoms with E-state index in [-0.39, 0.29) is 17.0 Å². The lowest BCUT2D eigenvalue weighted by atomic mass is 9.79. The Balaban J connectivity index is 1.20. The van der Waals surface area contributed by atoms with E-state index in [2.05, 4.69) is 10.3 Å². The van der Waals surface area contributed by atoms with Crippen LogP contribution in [0.3, 0.4) is 0 Å². The standard InChI is InChI=1S/C34H20F10N2/c35-25-23(26(36)30(40)33(43)29(25)39)16-3-7-19(8-4-16)45-21-11-1-15-2-12-22(14-18(15)13-21)46-20-9-5-17(6-10-20)24-27(37)31(41)34(44)32(42)28(24)38/h3-10,13-15,45H,1-2,11-12H2. The maximum Gasteiger partial charge on any atom is 0.200 e. The molecule has 0 aromatic heterocycles. The lowest BCUT2D eigenvalue weighted by Gasteiger charge is -2.29. The molecule has 1 atom stereocenters. The molecule has 1 N–H and O–H groups in total. The third-order valence-corrected chi connectivity index (χ3v) is 7.98. The van der Waals surface area contributed by atoms with Crippen LogP contribution in [-0.4, -0.2) is 5.71 Å². The van der Waals surface area contributed by atoms with Crippen LogP contribution in [-0.2, 0) is 0 Å². The molecule has 0 spiro atoms. The van der Waals surface area contributed by atoms with Crippen LogP contribution in [0.15, 0.2) is 76.9 Å². The first-order valence-electron chi connectivity index (χ1n) is 13.9. The third-order valence-electron chi connectivity index (χ3n) is 7.98. The van der Waals surface area contributed by atoms with Gasteiger partial charge in [0.15, 0.2) is 46.5 Å². The number of rotatable bonds is 5. The van der Waals surface area contributed by atoms with E-state index in [1.54, 1.807) is 0 Å². The summed E-state index contributed by atoms with van der Waals surface area (Å²) in [6.45, 7) is 0. The van der Waals surface area contributed by atoms with Crippen molar-refractivity contribution in [1.29, 1.82) is 0 Å². The molecular weight excluding hydrogens is 626 g/mol. The molecule has 0 fully saturated rings. The van der Waals surface area contributed by atoms with Crippen molar-refractivity contribution >= 4 is 17.1 Å². The summed E-state index contributed by atoms with van der Waals surface area (Å²) >= 11 is 0. The minimum absolute atomic E-state index is 0.188. The number of aliphatic imine (C=N–C) groups is 1. The fourth-order valence-electron chi connectivity index (χ4n) is 5.62. The molecule has 0 bridgehead atoms. The van der Waals surface area contributed by atoms with Crippen LogP contribution in [0.5, 0.6) is 0 Å². The summed E-state index contributed by atoms with van der Waals surface area (Å²) in [6.07, 6.45) is 6.79. The van der Waals surface area contributed by atoms with Crippen LogP contribution in [0.2, 0.25) is 0 Å². The molecule has 0 amide bonds. The molecule has 236 valence electrons. The molecule has 6 rings (SSSR count). The van der Waals surface area contributed by atoms with Crippen molar-refractivity contribution in [2.75, 3.05) is 5.32 Å². The summed E-state index contributed by atoms with van der Waals surface area (Å²) in [5.74, 6) is -20.0. The predicted molar refractivity (Wildman–Crippen MR) is 152 cm³/mol. The van der Waals surface area contributed by atoms with E-state index in [4.69, 9.17) is 0 Å². The highest BCUT2D eigenvalue weighted by Crippen LogP contribution is 2.37. The Bertz CT molecular complexity index is 1900. The van der Waals surface area contributed by atoms with E-state index in [9.17, 15) is 43.9 Å². The Morgan fingerprint density at radius 2 is 0.935 bits per heavy atom. The van der Waals surface area contributed by atoms with Gasteiger partial charge in [0, 0.05) is 17.1 Å². The number of hydrogen-bond acceptors (Lipinski definition) is 2. The molecule has 2 nitrogen and oxygen atoms in total. The highest BCUT2D eigenvalue weighted by atomic mass is 19.2. The van der Waals surface area contributed by atoms with Gasteiger partial charge in [-0.2, -0.15) is 0 Å². The Morgan fingerprint density at radius 1 is 0.500 bits per heavy atom. The quantitative estimate of drug-likeness (QED) is 0.130. The van der Waals surface area contributed by atoms with E-state index in [0.29, 0.717) is 29.9 Å². The Kier molecular flexibility index (Phi) is 8.22. The van der Waals surface area contributed by atoms with Crippen LogP contribution >= 0.6 is 0 Å². The van der Waals surface area contributed by atoms with Gasteiger partial charge in [-0.25, -0.2) is 43.9 Å². The molecule has 0 radical (unpaired) electrons. The molecule has 1 unspecified atom stereocenters. The molecule has 0 heterocycles. The van der Waals surface area contributed by atoms with E-state index < -0.39 is 69.3 Å². The smallest absolute Gasteiger partial charge is 0.200 e. The number of hydrogen-bond donors (Lipinski definition) is 1. The van der Waals surface area contributed by atoms with Crippen molar-refractivity contribution in [2.24, 2.45) is 10.9 Å². The second-order valence-electron chi connectivity index (χ2n) is 10.8. The highest BCUT2D eigenvalue weighted by molar-refractivity contribution is 5.98. The number of nitrogens with zero attached hydrogens (tertiary/aromatic N) is 1. The first-order valence-corrected chi connectivity index (χ1v) is 13.9. The number of fused-ring (bicyclic) bond motifs is 1. The molecule has 2 aliphatic carbocycles. The zero-order valence-corrected chi connectivity index (χ0v) is 23.4. The monoisotopic (exact) mass is 646 g/mol. The van der Waals surface area contributed by atoms with Gasteiger partial charge in [-0.05, 0) is 84.7 Å². The van der Waals surface area contributed by atoms with Crippen LogP contribution in [0.1, 0.15) is 25.7 Å². The summed E-state index contributed by atoms with van der Waals surface area (Å²) in [6, 6.07) is 10.7. The van der Waals surface area contributed by atoms with Gasteiger partial charge in [0.1, 0.15) is 0 Å². The van der Waals surface area contributed by atoms with Gasteiger partial charge < -0.3 is 5.32 Å². The van der Waals surface area contributed by atoms with Gasteiger partial charge in [-0.15, -0.1) is 0 Å². The van der Waals surface area contributed by atoms with Crippen molar-refractivity contribution in [2.45, 2.75) is 25.7 Å². The minimum Gasteiger partial charge on any atom is -0.359 e. The van der Waals surface area contributed by atoms with Crippen molar-refractivity contribution in [3.63, 3.8) is 0 Å². The van der Waals surface area contributed by atoms with E-state index >= 15 is 0 Å². The molecule has 46 heavy (non-hydrogen) atoms. The first-order chi connectivity index (χ1) is 21.9. The van der Waals surface area contributed by atoms with Gasteiger partial charge in [0.05, 0.1) is 16.8 Å². The number of allylic oxidation sites excluding steroid dienone is 4. The van der Waals surface area contributed by atoms with Gasteiger partial charge in [-0.1, -0.05) is 24.3 Å². The zero-order valence-electron chi connectivity index (χ0n) is 23.4. The van der Waals surface area contributed by atoms with Gasteiger partial charge in [0.2, 0.25) is 11.6 Å². The fraction of sp³-hybridized carbons (Fsp3) is 0.147. The predicted octanol–water partition coefficient (Wildman–Crippen LogP) is 10.6. The van der Waals surface area contributed by atoms with Gasteiger partial charge in [-0.3, -0.25) is 4.99 Å². The van der Waals surface area contributed by atoms with Gasteiger partial charge >= 0.3 is 0 Å². The largest absolute Gasteiger partial charge is 0.359 e. The second-order valence-corrected chi connectivity index (χ2v) is 10.8. The summed E-state index contributed by atoms with van der Waals surface area (Å²) in [5, 5.41) is 3.21. The lowest BCUT2D eigenvalue weighted by Crippen LogP contribution is -2.18. The fourth-order valence-corrected chi connectivity index (χ4v) is 5.62. The normalized spacial score (nSPS) is 17.1. The molecule has 0 saturated carbocycles. The maximum atomic E-state index is 14.2. The minimum atomic E-state index is -2.23. The van der Waals surface area contributed by atoms with Crippen molar-refractivity contribution in [3.05, 3.63) is 130 Å². The number of benzene rings is 4. The average molecular weight is 647 g/mol. The molecule has 0 saturated heterocycles. The topological polar surface area (TPSA) is 24.4 Å². The van der Waals surface area contributed by atoms with E-state index in [1.165, 1.54) is 48.5 Å². The van der Waals surface area contributed by atoms with Crippen LogP contribution < -0.4 is 5.32 Å². The summed E-state index contributed by atoms with van der Waals surface area (Å²) in [5.41, 5.74) is 1.00. The molecular formula is C34H20F10N2. The van der Waals surface area contributed by atoms with Crippen LogP contribution in [0, 0.1) is 64.1 Å². The lowest BCUT2D eigenvalue weighted by molar-refractivity contribution is 0.381. The Labute approximate surface area is 255 Å². The molecule has 4 aromatic carbocycles. The number of anilines is 1. The Hall–Kier alpha value is -4.87. The zero-order chi connectivity index (χ0) is 32.9. The van der Waals surface area contributed by atoms with E-state index in [0.717, 1.165) is 24.1 Å². The first kappa shape index (κ1) is 31.1.